The Labute approximate surface area is 113 Å². The molecule has 1 fully saturated rings. The van der Waals surface area contributed by atoms with E-state index in [2.05, 4.69) is 34.8 Å². The van der Waals surface area contributed by atoms with E-state index in [9.17, 15) is 4.79 Å². The number of nitrogens with zero attached hydrogens (tertiary/aromatic N) is 2. The average molecular weight is 260 g/mol. The van der Waals surface area contributed by atoms with Crippen LogP contribution in [0.2, 0.25) is 0 Å². The lowest BCUT2D eigenvalue weighted by molar-refractivity contribution is -0.122. The normalized spacial score (nSPS) is 32.9. The molecule has 102 valence electrons. The van der Waals surface area contributed by atoms with Crippen LogP contribution in [0.15, 0.2) is 35.7 Å². The number of hydrogen-bond donors (Lipinski definition) is 2. The van der Waals surface area contributed by atoms with E-state index in [4.69, 9.17) is 0 Å². The summed E-state index contributed by atoms with van der Waals surface area (Å²) in [5.74, 6) is 0.420. The van der Waals surface area contributed by atoms with E-state index in [-0.39, 0.29) is 18.1 Å². The van der Waals surface area contributed by atoms with E-state index in [0.717, 1.165) is 0 Å². The number of carbonyl (C=O) groups excluding carboxylic acids is 1. The van der Waals surface area contributed by atoms with Crippen LogP contribution in [0.4, 0.5) is 0 Å². The summed E-state index contributed by atoms with van der Waals surface area (Å²) >= 11 is 0. The van der Waals surface area contributed by atoms with Gasteiger partial charge in [-0.25, -0.2) is 5.01 Å². The summed E-state index contributed by atoms with van der Waals surface area (Å²) in [7, 11) is 4.03. The van der Waals surface area contributed by atoms with Gasteiger partial charge < -0.3 is 10.6 Å². The number of rotatable bonds is 1. The molecule has 1 saturated heterocycles. The summed E-state index contributed by atoms with van der Waals surface area (Å²) in [6.45, 7) is 2.08. The summed E-state index contributed by atoms with van der Waals surface area (Å²) in [6.07, 6.45) is 8.93. The summed E-state index contributed by atoms with van der Waals surface area (Å²) < 4.78 is 0. The van der Waals surface area contributed by atoms with Gasteiger partial charge >= 0.3 is 0 Å². The van der Waals surface area contributed by atoms with Gasteiger partial charge in [0, 0.05) is 32.3 Å². The molecule has 0 aromatic carbocycles. The highest BCUT2D eigenvalue weighted by Gasteiger charge is 2.41. The van der Waals surface area contributed by atoms with E-state index in [1.54, 1.807) is 0 Å². The van der Waals surface area contributed by atoms with Crippen molar-refractivity contribution in [2.75, 3.05) is 14.1 Å². The summed E-state index contributed by atoms with van der Waals surface area (Å²) in [5.41, 5.74) is 2.52. The third-order valence-electron chi connectivity index (χ3n) is 3.99. The molecular weight excluding hydrogens is 240 g/mol. The van der Waals surface area contributed by atoms with Gasteiger partial charge in [0.15, 0.2) is 0 Å². The predicted octanol–water partition coefficient (Wildman–Crippen LogP) is 0.557. The minimum Gasteiger partial charge on any atom is -0.367 e. The van der Waals surface area contributed by atoms with Crippen LogP contribution in [0.1, 0.15) is 13.3 Å². The summed E-state index contributed by atoms with van der Waals surface area (Å²) in [5, 5.41) is 10.6. The van der Waals surface area contributed by atoms with E-state index < -0.39 is 0 Å². The molecule has 3 heterocycles. The second-order valence-electron chi connectivity index (χ2n) is 5.54. The van der Waals surface area contributed by atoms with Gasteiger partial charge in [0.05, 0.1) is 6.42 Å². The molecule has 5 nitrogen and oxygen atoms in total. The minimum absolute atomic E-state index is 0.118. The first-order valence-electron chi connectivity index (χ1n) is 6.66. The fourth-order valence-corrected chi connectivity index (χ4v) is 3.22. The van der Waals surface area contributed by atoms with Crippen molar-refractivity contribution in [1.82, 2.24) is 20.7 Å². The number of hydrogen-bond acceptors (Lipinski definition) is 4. The molecule has 0 radical (unpaired) electrons. The standard InChI is InChI=1S/C14H20N4O/c1-9-13-10(7-12(19)16-9)8-18(17(2)3)14-11(13)5-4-6-15-14/h4-6,8-9,13-15H,7H2,1-3H3,(H,16,19). The summed E-state index contributed by atoms with van der Waals surface area (Å²) in [4.78, 5) is 11.7. The molecule has 1 amide bonds. The Bertz CT molecular complexity index is 492. The van der Waals surface area contributed by atoms with E-state index in [1.165, 1.54) is 11.1 Å². The maximum atomic E-state index is 11.7. The SMILES string of the molecule is CC1NC(=O)CC2=CN(N(C)C)C3NC=CC=C3C21. The van der Waals surface area contributed by atoms with Gasteiger partial charge in [-0.3, -0.25) is 9.80 Å². The topological polar surface area (TPSA) is 47.6 Å². The third-order valence-corrected chi connectivity index (χ3v) is 3.99. The predicted molar refractivity (Wildman–Crippen MR) is 73.5 cm³/mol. The van der Waals surface area contributed by atoms with E-state index in [0.29, 0.717) is 12.3 Å². The van der Waals surface area contributed by atoms with Gasteiger partial charge in [0.2, 0.25) is 5.91 Å². The van der Waals surface area contributed by atoms with Crippen LogP contribution in [0, 0.1) is 5.92 Å². The third kappa shape index (κ3) is 1.94. The summed E-state index contributed by atoms with van der Waals surface area (Å²) in [6, 6.07) is 0.152. The highest BCUT2D eigenvalue weighted by atomic mass is 16.1. The molecule has 0 aliphatic carbocycles. The lowest BCUT2D eigenvalue weighted by atomic mass is 9.77. The number of amides is 1. The Hall–Kier alpha value is -1.75. The molecule has 0 spiro atoms. The van der Waals surface area contributed by atoms with Crippen LogP contribution in [0.25, 0.3) is 0 Å². The molecule has 0 aromatic heterocycles. The molecular formula is C14H20N4O. The number of nitrogens with one attached hydrogen (secondary N) is 2. The van der Waals surface area contributed by atoms with Crippen LogP contribution in [-0.2, 0) is 4.79 Å². The maximum absolute atomic E-state index is 11.7. The van der Waals surface area contributed by atoms with Crippen LogP contribution in [-0.4, -0.2) is 42.2 Å². The number of carbonyl (C=O) groups is 1. The Morgan fingerprint density at radius 2 is 2.21 bits per heavy atom. The average Bonchev–Trinajstić information content (AvgIpc) is 2.36. The lowest BCUT2D eigenvalue weighted by Gasteiger charge is -2.48. The van der Waals surface area contributed by atoms with Gasteiger partial charge in [0.25, 0.3) is 0 Å². The Balaban J connectivity index is 2.05. The van der Waals surface area contributed by atoms with Gasteiger partial charge in [-0.15, -0.1) is 0 Å². The second-order valence-corrected chi connectivity index (χ2v) is 5.54. The number of hydrazine groups is 1. The van der Waals surface area contributed by atoms with Gasteiger partial charge in [-0.1, -0.05) is 6.08 Å². The number of dihydropyridines is 1. The number of allylic oxidation sites excluding steroid dienone is 2. The lowest BCUT2D eigenvalue weighted by Crippen LogP contribution is -2.57. The molecule has 0 bridgehead atoms. The highest BCUT2D eigenvalue weighted by molar-refractivity contribution is 5.81. The quantitative estimate of drug-likeness (QED) is 0.723. The molecule has 3 unspecified atom stereocenters. The molecule has 3 aliphatic heterocycles. The highest BCUT2D eigenvalue weighted by Crippen LogP contribution is 2.38. The zero-order chi connectivity index (χ0) is 13.6. The van der Waals surface area contributed by atoms with Crippen molar-refractivity contribution >= 4 is 5.91 Å². The van der Waals surface area contributed by atoms with Crippen molar-refractivity contribution in [2.24, 2.45) is 5.92 Å². The van der Waals surface area contributed by atoms with Crippen molar-refractivity contribution < 1.29 is 4.79 Å². The minimum atomic E-state index is 0.118. The van der Waals surface area contributed by atoms with Crippen LogP contribution >= 0.6 is 0 Å². The molecule has 5 heteroatoms. The Kier molecular flexibility index (Phi) is 2.86. The van der Waals surface area contributed by atoms with Crippen LogP contribution in [0.5, 0.6) is 0 Å². The van der Waals surface area contributed by atoms with Crippen LogP contribution in [0.3, 0.4) is 0 Å². The van der Waals surface area contributed by atoms with Crippen molar-refractivity contribution in [3.63, 3.8) is 0 Å². The van der Waals surface area contributed by atoms with Gasteiger partial charge in [0.1, 0.15) is 6.17 Å². The monoisotopic (exact) mass is 260 g/mol. The molecule has 3 atom stereocenters. The first-order chi connectivity index (χ1) is 9.08. The number of piperidine rings is 1. The Morgan fingerprint density at radius 1 is 1.42 bits per heavy atom. The molecule has 0 aromatic rings. The van der Waals surface area contributed by atoms with Crippen molar-refractivity contribution in [3.05, 3.63) is 35.7 Å². The molecule has 2 N–H and O–H groups in total. The van der Waals surface area contributed by atoms with Gasteiger partial charge in [-0.05, 0) is 30.3 Å². The smallest absolute Gasteiger partial charge is 0.224 e. The van der Waals surface area contributed by atoms with Crippen molar-refractivity contribution in [1.29, 1.82) is 0 Å². The van der Waals surface area contributed by atoms with E-state index >= 15 is 0 Å². The van der Waals surface area contributed by atoms with Crippen molar-refractivity contribution in [3.8, 4) is 0 Å². The fourth-order valence-electron chi connectivity index (χ4n) is 3.22. The first-order valence-corrected chi connectivity index (χ1v) is 6.66. The molecule has 3 rings (SSSR count). The van der Waals surface area contributed by atoms with Crippen LogP contribution < -0.4 is 10.6 Å². The maximum Gasteiger partial charge on any atom is 0.224 e. The first kappa shape index (κ1) is 12.3. The fraction of sp³-hybridized carbons (Fsp3) is 0.500. The Morgan fingerprint density at radius 3 is 2.95 bits per heavy atom. The largest absolute Gasteiger partial charge is 0.367 e. The zero-order valence-corrected chi connectivity index (χ0v) is 11.6. The van der Waals surface area contributed by atoms with Crippen molar-refractivity contribution in [2.45, 2.75) is 25.6 Å². The van der Waals surface area contributed by atoms with Gasteiger partial charge in [-0.2, -0.15) is 0 Å². The molecule has 3 aliphatic rings. The number of fused-ring (bicyclic) bond motifs is 3. The molecule has 0 saturated carbocycles. The molecule has 19 heavy (non-hydrogen) atoms. The second kappa shape index (κ2) is 4.42. The zero-order valence-electron chi connectivity index (χ0n) is 11.6. The van der Waals surface area contributed by atoms with E-state index in [1.807, 2.05) is 31.4 Å².